The van der Waals surface area contributed by atoms with E-state index in [2.05, 4.69) is 21.4 Å². The van der Waals surface area contributed by atoms with E-state index < -0.39 is 0 Å². The molecule has 9 heteroatoms. The summed E-state index contributed by atoms with van der Waals surface area (Å²) in [6.07, 6.45) is 0. The number of anilines is 1. The normalized spacial score (nSPS) is 12.8. The Morgan fingerprint density at radius 2 is 1.81 bits per heavy atom. The number of benzene rings is 2. The van der Waals surface area contributed by atoms with E-state index in [0.29, 0.717) is 29.0 Å². The molecule has 0 fully saturated rings. The highest BCUT2D eigenvalue weighted by Crippen LogP contribution is 2.36. The van der Waals surface area contributed by atoms with Gasteiger partial charge in [0.15, 0.2) is 16.6 Å². The number of hydrogen-bond acceptors (Lipinski definition) is 8. The van der Waals surface area contributed by atoms with Crippen LogP contribution in [0.4, 0.5) is 5.13 Å². The minimum atomic E-state index is -0.176. The fourth-order valence-corrected chi connectivity index (χ4v) is 6.01. The number of para-hydroxylation sites is 1. The zero-order valence-electron chi connectivity index (χ0n) is 16.5. The molecule has 5 aromatic rings. The van der Waals surface area contributed by atoms with E-state index in [-0.39, 0.29) is 5.91 Å². The van der Waals surface area contributed by atoms with Crippen LogP contribution in [0.25, 0.3) is 31.4 Å². The number of nitrogens with zero attached hydrogens (tertiary/aromatic N) is 2. The van der Waals surface area contributed by atoms with Gasteiger partial charge in [-0.3, -0.25) is 10.1 Å². The Labute approximate surface area is 195 Å². The number of nitrogens with one attached hydrogen (secondary N) is 1. The number of rotatable bonds is 4. The topological polar surface area (TPSA) is 73.3 Å². The molecule has 0 unspecified atom stereocenters. The summed E-state index contributed by atoms with van der Waals surface area (Å²) in [5, 5.41) is 6.30. The zero-order valence-corrected chi connectivity index (χ0v) is 19.0. The van der Waals surface area contributed by atoms with Crippen LogP contribution in [0.5, 0.6) is 11.5 Å². The van der Waals surface area contributed by atoms with Gasteiger partial charge in [0, 0.05) is 10.9 Å². The van der Waals surface area contributed by atoms with Gasteiger partial charge in [0.05, 0.1) is 25.7 Å². The molecule has 4 heterocycles. The van der Waals surface area contributed by atoms with Crippen molar-refractivity contribution in [1.29, 1.82) is 0 Å². The van der Waals surface area contributed by atoms with Crippen LogP contribution in [0.3, 0.4) is 0 Å². The van der Waals surface area contributed by atoms with E-state index in [1.54, 1.807) is 11.3 Å². The summed E-state index contributed by atoms with van der Waals surface area (Å²) in [6.45, 7) is 1.09. The fraction of sp³-hybridized carbons (Fsp3) is 0.0870. The van der Waals surface area contributed by atoms with Crippen LogP contribution >= 0.6 is 34.0 Å². The lowest BCUT2D eigenvalue weighted by atomic mass is 10.1. The maximum absolute atomic E-state index is 12.8. The largest absolute Gasteiger partial charge is 0.486 e. The predicted octanol–water partition coefficient (Wildman–Crippen LogP) is 6.17. The minimum Gasteiger partial charge on any atom is -0.486 e. The SMILES string of the molecule is O=C(Nc1nc(-c2ccc3c(c2)OCCO3)cs1)c1ccc(-c2nc3ccccc3s2)s1. The Morgan fingerprint density at radius 3 is 2.72 bits per heavy atom. The summed E-state index contributed by atoms with van der Waals surface area (Å²) in [4.78, 5) is 23.6. The molecule has 2 aromatic carbocycles. The van der Waals surface area contributed by atoms with Gasteiger partial charge in [-0.15, -0.1) is 34.0 Å². The first-order valence-corrected chi connectivity index (χ1v) is 12.4. The van der Waals surface area contributed by atoms with Crippen molar-refractivity contribution in [2.45, 2.75) is 0 Å². The molecule has 1 amide bonds. The van der Waals surface area contributed by atoms with Crippen LogP contribution in [0.2, 0.25) is 0 Å². The van der Waals surface area contributed by atoms with Gasteiger partial charge < -0.3 is 9.47 Å². The molecule has 0 radical (unpaired) electrons. The van der Waals surface area contributed by atoms with E-state index in [1.807, 2.05) is 53.9 Å². The summed E-state index contributed by atoms with van der Waals surface area (Å²) in [5.41, 5.74) is 2.67. The molecular weight excluding hydrogens is 462 g/mol. The maximum atomic E-state index is 12.8. The lowest BCUT2D eigenvalue weighted by Gasteiger charge is -2.18. The fourth-order valence-electron chi connectivity index (χ4n) is 3.38. The average molecular weight is 478 g/mol. The number of amides is 1. The monoisotopic (exact) mass is 477 g/mol. The highest BCUT2D eigenvalue weighted by Gasteiger charge is 2.17. The highest BCUT2D eigenvalue weighted by atomic mass is 32.1. The molecule has 3 aromatic heterocycles. The Balaban J connectivity index is 1.19. The lowest BCUT2D eigenvalue weighted by molar-refractivity contribution is 0.103. The molecule has 0 saturated carbocycles. The van der Waals surface area contributed by atoms with Crippen molar-refractivity contribution in [3.8, 4) is 32.6 Å². The average Bonchev–Trinajstić information content (AvgIpc) is 3.57. The second kappa shape index (κ2) is 8.01. The molecule has 158 valence electrons. The second-order valence-corrected chi connectivity index (χ2v) is 9.97. The van der Waals surface area contributed by atoms with Gasteiger partial charge >= 0.3 is 0 Å². The van der Waals surface area contributed by atoms with Crippen molar-refractivity contribution in [3.63, 3.8) is 0 Å². The van der Waals surface area contributed by atoms with E-state index >= 15 is 0 Å². The van der Waals surface area contributed by atoms with Gasteiger partial charge in [-0.05, 0) is 42.5 Å². The Hall–Kier alpha value is -3.27. The summed E-state index contributed by atoms with van der Waals surface area (Å²) in [5.74, 6) is 1.28. The minimum absolute atomic E-state index is 0.176. The van der Waals surface area contributed by atoms with Gasteiger partial charge in [0.1, 0.15) is 18.2 Å². The Kier molecular flexibility index (Phi) is 4.86. The third kappa shape index (κ3) is 3.64. The molecule has 0 bridgehead atoms. The van der Waals surface area contributed by atoms with Crippen LogP contribution in [0.1, 0.15) is 9.67 Å². The second-order valence-electron chi connectivity index (χ2n) is 7.00. The third-order valence-electron chi connectivity index (χ3n) is 4.90. The highest BCUT2D eigenvalue weighted by molar-refractivity contribution is 7.26. The number of fused-ring (bicyclic) bond motifs is 2. The smallest absolute Gasteiger partial charge is 0.267 e. The van der Waals surface area contributed by atoms with Gasteiger partial charge in [0.25, 0.3) is 5.91 Å². The van der Waals surface area contributed by atoms with E-state index in [4.69, 9.17) is 9.47 Å². The molecule has 6 rings (SSSR count). The number of thiophene rings is 1. The number of ether oxygens (including phenoxy) is 2. The molecule has 0 aliphatic carbocycles. The molecule has 6 nitrogen and oxygen atoms in total. The lowest BCUT2D eigenvalue weighted by Crippen LogP contribution is -2.15. The summed E-state index contributed by atoms with van der Waals surface area (Å²) in [7, 11) is 0. The molecular formula is C23H15N3O3S3. The van der Waals surface area contributed by atoms with Crippen LogP contribution in [0, 0.1) is 0 Å². The van der Waals surface area contributed by atoms with Crippen molar-refractivity contribution in [2.75, 3.05) is 18.5 Å². The van der Waals surface area contributed by atoms with Crippen molar-refractivity contribution < 1.29 is 14.3 Å². The summed E-state index contributed by atoms with van der Waals surface area (Å²) in [6, 6.07) is 17.6. The van der Waals surface area contributed by atoms with Crippen molar-refractivity contribution in [3.05, 3.63) is 64.9 Å². The molecule has 0 atom stereocenters. The first-order valence-electron chi connectivity index (χ1n) is 9.86. The van der Waals surface area contributed by atoms with E-state index in [0.717, 1.165) is 37.1 Å². The number of carbonyl (C=O) groups excluding carboxylic acids is 1. The summed E-state index contributed by atoms with van der Waals surface area (Å²) >= 11 is 4.45. The Morgan fingerprint density at radius 1 is 0.938 bits per heavy atom. The van der Waals surface area contributed by atoms with Crippen LogP contribution in [0.15, 0.2) is 60.0 Å². The third-order valence-corrected chi connectivity index (χ3v) is 7.94. The number of hydrogen-bond donors (Lipinski definition) is 1. The van der Waals surface area contributed by atoms with Crippen LogP contribution < -0.4 is 14.8 Å². The quantitative estimate of drug-likeness (QED) is 0.335. The van der Waals surface area contributed by atoms with Crippen molar-refractivity contribution >= 4 is 55.3 Å². The summed E-state index contributed by atoms with van der Waals surface area (Å²) < 4.78 is 12.4. The predicted molar refractivity (Wildman–Crippen MR) is 129 cm³/mol. The zero-order chi connectivity index (χ0) is 21.5. The number of carbonyl (C=O) groups is 1. The molecule has 32 heavy (non-hydrogen) atoms. The molecule has 0 spiro atoms. The van der Waals surface area contributed by atoms with Gasteiger partial charge in [-0.1, -0.05) is 12.1 Å². The number of aromatic nitrogens is 2. The Bertz CT molecular complexity index is 1420. The molecule has 1 aliphatic rings. The molecule has 1 aliphatic heterocycles. The van der Waals surface area contributed by atoms with Gasteiger partial charge in [-0.2, -0.15) is 0 Å². The molecule has 1 N–H and O–H groups in total. The van der Waals surface area contributed by atoms with Crippen molar-refractivity contribution in [2.24, 2.45) is 0 Å². The van der Waals surface area contributed by atoms with E-state index in [9.17, 15) is 4.79 Å². The maximum Gasteiger partial charge on any atom is 0.267 e. The first kappa shape index (κ1) is 19.4. The van der Waals surface area contributed by atoms with Crippen LogP contribution in [-0.4, -0.2) is 29.1 Å². The van der Waals surface area contributed by atoms with E-state index in [1.165, 1.54) is 22.7 Å². The number of thiazole rings is 2. The van der Waals surface area contributed by atoms with Crippen molar-refractivity contribution in [1.82, 2.24) is 9.97 Å². The van der Waals surface area contributed by atoms with Gasteiger partial charge in [-0.25, -0.2) is 9.97 Å². The standard InChI is InChI=1S/C23H15N3O3S3/c27-21(19-7-8-20(31-19)22-24-14-3-1-2-4-18(14)32-22)26-23-25-15(12-30-23)13-5-6-16-17(11-13)29-10-9-28-16/h1-8,11-12H,9-10H2,(H,25,26,27). The first-order chi connectivity index (χ1) is 15.7. The van der Waals surface area contributed by atoms with Gasteiger partial charge in [0.2, 0.25) is 0 Å². The van der Waals surface area contributed by atoms with Crippen LogP contribution in [-0.2, 0) is 0 Å². The molecule has 0 saturated heterocycles.